The molecule has 0 fully saturated rings. The summed E-state index contributed by atoms with van der Waals surface area (Å²) in [5, 5.41) is 14.6. The van der Waals surface area contributed by atoms with Gasteiger partial charge in [-0.25, -0.2) is 0 Å². The molecular weight excluding hydrogens is 396 g/mol. The molecule has 3 aromatic rings. The van der Waals surface area contributed by atoms with E-state index in [1.807, 2.05) is 6.92 Å². The number of hydrogen-bond donors (Lipinski definition) is 1. The van der Waals surface area contributed by atoms with Gasteiger partial charge in [0.05, 0.1) is 6.10 Å². The third-order valence-corrected chi connectivity index (χ3v) is 11.5. The van der Waals surface area contributed by atoms with Crippen LogP contribution in [-0.2, 0) is 0 Å². The SMILES string of the molecule is C[C@@H](O)C[C@H](C#C[Si](C)(C)C)[Si](c1ccccc1)(c1ccccc1)c1ccccc1. The van der Waals surface area contributed by atoms with E-state index in [4.69, 9.17) is 0 Å². The van der Waals surface area contributed by atoms with E-state index in [0.717, 1.165) is 0 Å². The summed E-state index contributed by atoms with van der Waals surface area (Å²) in [5.74, 6) is 3.74. The molecule has 0 radical (unpaired) electrons. The zero-order valence-corrected chi connectivity index (χ0v) is 20.5. The maximum Gasteiger partial charge on any atom is 0.163 e. The summed E-state index contributed by atoms with van der Waals surface area (Å²) >= 11 is 0. The first kappa shape index (κ1) is 22.3. The lowest BCUT2D eigenvalue weighted by Crippen LogP contribution is -2.70. The van der Waals surface area contributed by atoms with Crippen LogP contribution >= 0.6 is 0 Å². The van der Waals surface area contributed by atoms with Crippen molar-refractivity contribution in [3.8, 4) is 11.5 Å². The Morgan fingerprint density at radius 1 is 0.700 bits per heavy atom. The second-order valence-electron chi connectivity index (χ2n) is 9.06. The van der Waals surface area contributed by atoms with Crippen LogP contribution in [-0.4, -0.2) is 27.4 Å². The first-order valence-electron chi connectivity index (χ1n) is 10.7. The van der Waals surface area contributed by atoms with Crippen LogP contribution in [0, 0.1) is 11.5 Å². The van der Waals surface area contributed by atoms with Crippen LogP contribution in [0.25, 0.3) is 0 Å². The molecule has 30 heavy (non-hydrogen) atoms. The standard InChI is InChI=1S/C27H32OSi2/c1-23(28)22-27(20-21-29(2,3)4)30(24-14-8-5-9-15-24,25-16-10-6-11-17-25)26-18-12-7-13-19-26/h5-19,23,27-28H,22H2,1-4H3/t23-,27+/m1/s1. The van der Waals surface area contributed by atoms with Crippen LogP contribution in [0.2, 0.25) is 25.2 Å². The smallest absolute Gasteiger partial charge is 0.163 e. The fourth-order valence-corrected chi connectivity index (χ4v) is 10.3. The third kappa shape index (κ3) is 5.02. The van der Waals surface area contributed by atoms with E-state index >= 15 is 0 Å². The van der Waals surface area contributed by atoms with Gasteiger partial charge in [0.15, 0.2) is 8.07 Å². The van der Waals surface area contributed by atoms with Crippen LogP contribution in [0.15, 0.2) is 91.0 Å². The molecule has 0 aliphatic carbocycles. The highest BCUT2D eigenvalue weighted by Crippen LogP contribution is 2.27. The van der Waals surface area contributed by atoms with Gasteiger partial charge in [-0.15, -0.1) is 11.5 Å². The van der Waals surface area contributed by atoms with E-state index in [1.165, 1.54) is 15.6 Å². The molecule has 0 aliphatic rings. The summed E-state index contributed by atoms with van der Waals surface area (Å²) in [7, 11) is -4.10. The fraction of sp³-hybridized carbons (Fsp3) is 0.259. The second-order valence-corrected chi connectivity index (χ2v) is 17.9. The van der Waals surface area contributed by atoms with Gasteiger partial charge in [0.2, 0.25) is 0 Å². The number of rotatable bonds is 6. The van der Waals surface area contributed by atoms with Crippen molar-refractivity contribution in [2.24, 2.45) is 0 Å². The Kier molecular flexibility index (Phi) is 7.15. The van der Waals surface area contributed by atoms with E-state index in [0.29, 0.717) is 6.42 Å². The molecule has 2 atom stereocenters. The lowest BCUT2D eigenvalue weighted by atomic mass is 10.2. The number of benzene rings is 3. The van der Waals surface area contributed by atoms with E-state index in [2.05, 4.69) is 122 Å². The molecule has 0 bridgehead atoms. The van der Waals surface area contributed by atoms with Crippen LogP contribution in [0.4, 0.5) is 0 Å². The summed E-state index contributed by atoms with van der Waals surface area (Å²) in [6, 6.07) is 32.6. The minimum Gasteiger partial charge on any atom is -0.393 e. The van der Waals surface area contributed by atoms with Crippen LogP contribution in [0.5, 0.6) is 0 Å². The molecule has 1 N–H and O–H groups in total. The zero-order chi connectivity index (χ0) is 21.6. The van der Waals surface area contributed by atoms with Crippen molar-refractivity contribution in [1.82, 2.24) is 0 Å². The van der Waals surface area contributed by atoms with Gasteiger partial charge >= 0.3 is 0 Å². The van der Waals surface area contributed by atoms with Crippen LogP contribution in [0.1, 0.15) is 13.3 Å². The molecule has 0 saturated carbocycles. The second kappa shape index (κ2) is 9.62. The monoisotopic (exact) mass is 428 g/mol. The highest BCUT2D eigenvalue weighted by Gasteiger charge is 2.46. The van der Waals surface area contributed by atoms with E-state index in [9.17, 15) is 5.11 Å². The maximum atomic E-state index is 10.5. The average Bonchev–Trinajstić information content (AvgIpc) is 2.74. The van der Waals surface area contributed by atoms with Crippen LogP contribution in [0.3, 0.4) is 0 Å². The van der Waals surface area contributed by atoms with Crippen molar-refractivity contribution in [3.05, 3.63) is 91.0 Å². The van der Waals surface area contributed by atoms with Gasteiger partial charge in [0, 0.05) is 5.54 Å². The van der Waals surface area contributed by atoms with Crippen molar-refractivity contribution >= 4 is 31.7 Å². The Morgan fingerprint density at radius 3 is 1.37 bits per heavy atom. The predicted octanol–water partition coefficient (Wildman–Crippen LogP) is 4.18. The molecule has 0 aliphatic heterocycles. The Labute approximate surface area is 183 Å². The Morgan fingerprint density at radius 2 is 1.07 bits per heavy atom. The molecule has 0 heterocycles. The van der Waals surface area contributed by atoms with Crippen molar-refractivity contribution in [1.29, 1.82) is 0 Å². The first-order valence-corrected chi connectivity index (χ1v) is 16.3. The lowest BCUT2D eigenvalue weighted by molar-refractivity contribution is 0.186. The quantitative estimate of drug-likeness (QED) is 0.355. The Bertz CT molecular complexity index is 884. The summed E-state index contributed by atoms with van der Waals surface area (Å²) < 4.78 is 0. The summed E-state index contributed by atoms with van der Waals surface area (Å²) in [6.07, 6.45) is 0.261. The number of aliphatic hydroxyl groups is 1. The molecule has 0 aromatic heterocycles. The summed E-state index contributed by atoms with van der Waals surface area (Å²) in [4.78, 5) is 0. The molecule has 0 unspecified atom stereocenters. The highest BCUT2D eigenvalue weighted by molar-refractivity contribution is 7.12. The predicted molar refractivity (Wildman–Crippen MR) is 135 cm³/mol. The van der Waals surface area contributed by atoms with Gasteiger partial charge in [-0.05, 0) is 28.9 Å². The molecular formula is C27H32OSi2. The normalized spacial score (nSPS) is 13.8. The fourth-order valence-electron chi connectivity index (χ4n) is 4.20. The van der Waals surface area contributed by atoms with Gasteiger partial charge in [0.25, 0.3) is 0 Å². The first-order chi connectivity index (χ1) is 14.3. The van der Waals surface area contributed by atoms with Gasteiger partial charge in [-0.3, -0.25) is 0 Å². The molecule has 0 saturated heterocycles. The molecule has 0 spiro atoms. The molecule has 0 amide bonds. The summed E-state index contributed by atoms with van der Waals surface area (Å²) in [5.41, 5.74) is 3.73. The Hall–Kier alpha value is -2.39. The molecule has 154 valence electrons. The molecule has 3 rings (SSSR count). The number of aliphatic hydroxyl groups excluding tert-OH is 1. The molecule has 3 aromatic carbocycles. The van der Waals surface area contributed by atoms with Gasteiger partial charge in [-0.2, -0.15) is 0 Å². The molecule has 3 heteroatoms. The topological polar surface area (TPSA) is 20.2 Å². The molecule has 1 nitrogen and oxygen atoms in total. The minimum absolute atomic E-state index is 0.0800. The average molecular weight is 429 g/mol. The van der Waals surface area contributed by atoms with E-state index in [1.54, 1.807) is 0 Å². The van der Waals surface area contributed by atoms with Crippen molar-refractivity contribution in [2.45, 2.75) is 44.6 Å². The minimum atomic E-state index is -2.53. The van der Waals surface area contributed by atoms with Crippen molar-refractivity contribution < 1.29 is 5.11 Å². The maximum absolute atomic E-state index is 10.5. The summed E-state index contributed by atoms with van der Waals surface area (Å²) in [6.45, 7) is 8.76. The van der Waals surface area contributed by atoms with Gasteiger partial charge in [0.1, 0.15) is 8.07 Å². The van der Waals surface area contributed by atoms with Gasteiger partial charge < -0.3 is 5.11 Å². The largest absolute Gasteiger partial charge is 0.393 e. The lowest BCUT2D eigenvalue weighted by Gasteiger charge is -2.39. The highest BCUT2D eigenvalue weighted by atomic mass is 28.3. The van der Waals surface area contributed by atoms with Crippen LogP contribution < -0.4 is 15.6 Å². The van der Waals surface area contributed by atoms with Crippen molar-refractivity contribution in [2.75, 3.05) is 0 Å². The van der Waals surface area contributed by atoms with Gasteiger partial charge in [-0.1, -0.05) is 111 Å². The van der Waals surface area contributed by atoms with E-state index < -0.39 is 22.3 Å². The Balaban J connectivity index is 2.40. The number of hydrogen-bond acceptors (Lipinski definition) is 1. The van der Waals surface area contributed by atoms with E-state index in [-0.39, 0.29) is 5.54 Å². The van der Waals surface area contributed by atoms with Crippen molar-refractivity contribution in [3.63, 3.8) is 0 Å². The third-order valence-electron chi connectivity index (χ3n) is 5.41. The zero-order valence-electron chi connectivity index (χ0n) is 18.5.